The Bertz CT molecular complexity index is 1000. The van der Waals surface area contributed by atoms with Gasteiger partial charge in [0.25, 0.3) is 5.91 Å². The summed E-state index contributed by atoms with van der Waals surface area (Å²) in [5.41, 5.74) is 2.33. The highest BCUT2D eigenvalue weighted by Gasteiger charge is 2.47. The lowest BCUT2D eigenvalue weighted by Crippen LogP contribution is -2.38. The van der Waals surface area contributed by atoms with Crippen LogP contribution in [-0.4, -0.2) is 22.2 Å². The summed E-state index contributed by atoms with van der Waals surface area (Å²) in [4.78, 5) is 13.5. The van der Waals surface area contributed by atoms with Gasteiger partial charge in [0, 0.05) is 6.04 Å². The van der Waals surface area contributed by atoms with Crippen molar-refractivity contribution in [2.75, 3.05) is 6.54 Å². The van der Waals surface area contributed by atoms with Gasteiger partial charge in [-0.25, -0.2) is 4.68 Å². The Hall–Kier alpha value is -1.98. The van der Waals surface area contributed by atoms with Gasteiger partial charge in [0.15, 0.2) is 0 Å². The molecule has 1 aliphatic heterocycles. The van der Waals surface area contributed by atoms with E-state index in [2.05, 4.69) is 69.7 Å². The molecule has 0 amide bonds. The van der Waals surface area contributed by atoms with Crippen LogP contribution in [0, 0.1) is 19.3 Å². The Labute approximate surface area is 161 Å². The molecule has 134 valence electrons. The molecule has 0 saturated carbocycles. The third kappa shape index (κ3) is 2.53. The predicted octanol–water partition coefficient (Wildman–Crippen LogP) is 4.80. The van der Waals surface area contributed by atoms with E-state index in [0.717, 1.165) is 28.8 Å². The lowest BCUT2D eigenvalue weighted by atomic mass is 9.77. The van der Waals surface area contributed by atoms with Crippen molar-refractivity contribution in [1.82, 2.24) is 15.1 Å². The Morgan fingerprint density at radius 1 is 1.23 bits per heavy atom. The van der Waals surface area contributed by atoms with E-state index in [1.54, 1.807) is 4.68 Å². The van der Waals surface area contributed by atoms with Crippen LogP contribution in [-0.2, 0) is 0 Å². The van der Waals surface area contributed by atoms with Gasteiger partial charge in [-0.3, -0.25) is 4.79 Å². The van der Waals surface area contributed by atoms with Crippen molar-refractivity contribution in [3.63, 3.8) is 0 Å². The molecule has 2 heterocycles. The average Bonchev–Trinajstić information content (AvgIpc) is 3.16. The van der Waals surface area contributed by atoms with Crippen molar-refractivity contribution in [1.29, 1.82) is 0 Å². The van der Waals surface area contributed by atoms with Crippen LogP contribution in [0.15, 0.2) is 46.9 Å². The van der Waals surface area contributed by atoms with Gasteiger partial charge in [-0.2, -0.15) is 5.10 Å². The topological polar surface area (TPSA) is 46.9 Å². The van der Waals surface area contributed by atoms with Crippen LogP contribution < -0.4 is 5.32 Å². The maximum atomic E-state index is 13.5. The molecule has 4 nitrogen and oxygen atoms in total. The fourth-order valence-corrected chi connectivity index (χ4v) is 4.34. The first-order valence-electron chi connectivity index (χ1n) is 8.91. The molecule has 2 atom stereocenters. The van der Waals surface area contributed by atoms with Crippen molar-refractivity contribution in [2.24, 2.45) is 5.41 Å². The zero-order chi connectivity index (χ0) is 18.5. The monoisotopic (exact) mass is 411 g/mol. The molecule has 1 aliphatic rings. The first-order chi connectivity index (χ1) is 12.4. The molecule has 0 unspecified atom stereocenters. The van der Waals surface area contributed by atoms with E-state index < -0.39 is 5.41 Å². The van der Waals surface area contributed by atoms with Gasteiger partial charge in [-0.1, -0.05) is 42.5 Å². The lowest BCUT2D eigenvalue weighted by Gasteiger charge is -2.30. The number of halogens is 1. The second-order valence-corrected chi connectivity index (χ2v) is 8.12. The minimum Gasteiger partial charge on any atom is -0.309 e. The Morgan fingerprint density at radius 3 is 2.69 bits per heavy atom. The van der Waals surface area contributed by atoms with Crippen molar-refractivity contribution >= 4 is 32.6 Å². The zero-order valence-corrected chi connectivity index (χ0v) is 16.8. The fourth-order valence-electron chi connectivity index (χ4n) is 4.09. The molecule has 1 aromatic heterocycles. The van der Waals surface area contributed by atoms with Crippen LogP contribution in [0.3, 0.4) is 0 Å². The molecule has 2 aromatic carbocycles. The Morgan fingerprint density at radius 2 is 1.96 bits per heavy atom. The third-order valence-electron chi connectivity index (χ3n) is 5.65. The summed E-state index contributed by atoms with van der Waals surface area (Å²) in [6, 6.07) is 14.6. The van der Waals surface area contributed by atoms with Crippen LogP contribution in [0.1, 0.15) is 41.1 Å². The minimum absolute atomic E-state index is 0.0382. The highest BCUT2D eigenvalue weighted by molar-refractivity contribution is 9.10. The molecule has 26 heavy (non-hydrogen) atoms. The van der Waals surface area contributed by atoms with Crippen molar-refractivity contribution in [2.45, 2.75) is 33.2 Å². The molecular weight excluding hydrogens is 390 g/mol. The number of carbonyl (C=O) groups is 1. The summed E-state index contributed by atoms with van der Waals surface area (Å²) < 4.78 is 2.48. The van der Waals surface area contributed by atoms with Crippen molar-refractivity contribution < 1.29 is 4.79 Å². The summed E-state index contributed by atoms with van der Waals surface area (Å²) in [5.74, 6) is 0.0479. The van der Waals surface area contributed by atoms with Gasteiger partial charge in [0.05, 0.1) is 21.3 Å². The zero-order valence-electron chi connectivity index (χ0n) is 15.2. The quantitative estimate of drug-likeness (QED) is 0.658. The van der Waals surface area contributed by atoms with Crippen molar-refractivity contribution in [3.05, 3.63) is 63.9 Å². The van der Waals surface area contributed by atoms with Gasteiger partial charge in [0.1, 0.15) is 0 Å². The van der Waals surface area contributed by atoms with E-state index in [9.17, 15) is 4.79 Å². The van der Waals surface area contributed by atoms with Crippen molar-refractivity contribution in [3.8, 4) is 0 Å². The lowest BCUT2D eigenvalue weighted by molar-refractivity contribution is 0.0677. The summed E-state index contributed by atoms with van der Waals surface area (Å²) in [6.07, 6.45) is 0.787. The standard InChI is InChI=1S/C21H22BrN3O/c1-13-18(22)14(2)25(24-13)20(26)21(3)11-12-23-19(21)17-10-6-8-15-7-4-5-9-16(15)17/h4-10,19,23H,11-12H2,1-3H3/t19-,21+/m1/s1. The van der Waals surface area contributed by atoms with Crippen LogP contribution in [0.2, 0.25) is 0 Å². The number of hydrogen-bond acceptors (Lipinski definition) is 3. The van der Waals surface area contributed by atoms with E-state index in [1.807, 2.05) is 19.9 Å². The minimum atomic E-state index is -0.549. The fraction of sp³-hybridized carbons (Fsp3) is 0.333. The second kappa shape index (κ2) is 6.32. The van der Waals surface area contributed by atoms with E-state index >= 15 is 0 Å². The highest BCUT2D eigenvalue weighted by atomic mass is 79.9. The summed E-state index contributed by atoms with van der Waals surface area (Å²) in [5, 5.41) is 10.4. The number of aryl methyl sites for hydroxylation is 1. The van der Waals surface area contributed by atoms with Gasteiger partial charge in [-0.05, 0) is 66.0 Å². The number of nitrogens with one attached hydrogen (secondary N) is 1. The van der Waals surface area contributed by atoms with E-state index in [0.29, 0.717) is 0 Å². The number of carbonyl (C=O) groups excluding carboxylic acids is 1. The molecular formula is C21H22BrN3O. The van der Waals surface area contributed by atoms with Gasteiger partial charge in [-0.15, -0.1) is 0 Å². The van der Waals surface area contributed by atoms with Crippen LogP contribution in [0.4, 0.5) is 0 Å². The number of hydrogen-bond donors (Lipinski definition) is 1. The second-order valence-electron chi connectivity index (χ2n) is 7.32. The van der Waals surface area contributed by atoms with Crippen LogP contribution in [0.5, 0.6) is 0 Å². The molecule has 1 fully saturated rings. The third-order valence-corrected chi connectivity index (χ3v) is 6.80. The largest absolute Gasteiger partial charge is 0.309 e. The number of nitrogens with zero attached hydrogens (tertiary/aromatic N) is 2. The van der Waals surface area contributed by atoms with Gasteiger partial charge >= 0.3 is 0 Å². The molecule has 0 aliphatic carbocycles. The van der Waals surface area contributed by atoms with E-state index in [4.69, 9.17) is 0 Å². The predicted molar refractivity (Wildman–Crippen MR) is 107 cm³/mol. The van der Waals surface area contributed by atoms with Crippen LogP contribution in [0.25, 0.3) is 10.8 Å². The Balaban J connectivity index is 1.82. The molecule has 4 rings (SSSR count). The summed E-state index contributed by atoms with van der Waals surface area (Å²) in [6.45, 7) is 6.72. The van der Waals surface area contributed by atoms with Gasteiger partial charge in [0.2, 0.25) is 0 Å². The smallest absolute Gasteiger partial charge is 0.255 e. The first-order valence-corrected chi connectivity index (χ1v) is 9.70. The van der Waals surface area contributed by atoms with E-state index in [-0.39, 0.29) is 11.9 Å². The number of aromatic nitrogens is 2. The molecule has 0 bridgehead atoms. The molecule has 3 aromatic rings. The maximum Gasteiger partial charge on any atom is 0.255 e. The SMILES string of the molecule is Cc1nn(C(=O)[C@@]2(C)CCN[C@@H]2c2cccc3ccccc23)c(C)c1Br. The van der Waals surface area contributed by atoms with Crippen LogP contribution >= 0.6 is 15.9 Å². The maximum absolute atomic E-state index is 13.5. The summed E-state index contributed by atoms with van der Waals surface area (Å²) >= 11 is 3.54. The normalized spacial score (nSPS) is 22.8. The van der Waals surface area contributed by atoms with Gasteiger partial charge < -0.3 is 5.32 Å². The molecule has 5 heteroatoms. The molecule has 0 radical (unpaired) electrons. The first kappa shape index (κ1) is 17.4. The number of benzene rings is 2. The average molecular weight is 412 g/mol. The molecule has 0 spiro atoms. The highest BCUT2D eigenvalue weighted by Crippen LogP contribution is 2.44. The molecule has 1 N–H and O–H groups in total. The Kier molecular flexibility index (Phi) is 4.24. The number of fused-ring (bicyclic) bond motifs is 1. The number of rotatable bonds is 2. The molecule has 1 saturated heterocycles. The summed E-state index contributed by atoms with van der Waals surface area (Å²) in [7, 11) is 0. The van der Waals surface area contributed by atoms with E-state index in [1.165, 1.54) is 16.3 Å².